The Morgan fingerprint density at radius 3 is 2.44 bits per heavy atom. The Morgan fingerprint density at radius 1 is 1.06 bits per heavy atom. The highest BCUT2D eigenvalue weighted by Crippen LogP contribution is 2.27. The molecule has 168 valence electrons. The molecule has 0 unspecified atom stereocenters. The zero-order chi connectivity index (χ0) is 23.3. The van der Waals surface area contributed by atoms with Gasteiger partial charge < -0.3 is 14.4 Å². The lowest BCUT2D eigenvalue weighted by Crippen LogP contribution is -2.27. The van der Waals surface area contributed by atoms with E-state index in [1.54, 1.807) is 24.3 Å². The lowest BCUT2D eigenvalue weighted by Gasteiger charge is -2.17. The molecule has 9 heteroatoms. The van der Waals surface area contributed by atoms with Crippen molar-refractivity contribution in [3.63, 3.8) is 0 Å². The van der Waals surface area contributed by atoms with Gasteiger partial charge in [-0.3, -0.25) is 14.4 Å². The van der Waals surface area contributed by atoms with Gasteiger partial charge in [0.15, 0.2) is 6.61 Å². The van der Waals surface area contributed by atoms with Gasteiger partial charge in [0.05, 0.1) is 23.1 Å². The van der Waals surface area contributed by atoms with E-state index in [1.807, 2.05) is 6.92 Å². The van der Waals surface area contributed by atoms with Gasteiger partial charge in [-0.05, 0) is 48.9 Å². The zero-order valence-electron chi connectivity index (χ0n) is 17.3. The number of hydrogen-bond acceptors (Lipinski definition) is 6. The van der Waals surface area contributed by atoms with Crippen molar-refractivity contribution < 1.29 is 28.7 Å². The minimum absolute atomic E-state index is 0.0327. The average molecular weight is 478 g/mol. The first-order chi connectivity index (χ1) is 15.3. The van der Waals surface area contributed by atoms with Crippen LogP contribution >= 0.6 is 23.2 Å². The normalized spacial score (nSPS) is 15.5. The third kappa shape index (κ3) is 5.66. The molecule has 3 rings (SSSR count). The van der Waals surface area contributed by atoms with Crippen LogP contribution < -0.4 is 4.90 Å². The Balaban J connectivity index is 1.57. The molecule has 7 nitrogen and oxygen atoms in total. The van der Waals surface area contributed by atoms with Crippen LogP contribution in [-0.2, 0) is 19.1 Å². The first-order valence-electron chi connectivity index (χ1n) is 10.0. The summed E-state index contributed by atoms with van der Waals surface area (Å²) < 4.78 is 10.2. The average Bonchev–Trinajstić information content (AvgIpc) is 3.17. The second-order valence-electron chi connectivity index (χ2n) is 7.24. The van der Waals surface area contributed by atoms with Crippen LogP contribution in [0.4, 0.5) is 5.69 Å². The number of rotatable bonds is 8. The first kappa shape index (κ1) is 23.8. The van der Waals surface area contributed by atoms with Crippen molar-refractivity contribution in [3.05, 3.63) is 63.6 Å². The molecule has 1 aliphatic heterocycles. The quantitative estimate of drug-likeness (QED) is 0.414. The fourth-order valence-corrected chi connectivity index (χ4v) is 3.73. The highest BCUT2D eigenvalue weighted by atomic mass is 35.5. The number of amides is 1. The summed E-state index contributed by atoms with van der Waals surface area (Å²) in [6.45, 7) is 1.87. The topological polar surface area (TPSA) is 90.0 Å². The molecule has 0 aromatic heterocycles. The maximum Gasteiger partial charge on any atom is 0.338 e. The van der Waals surface area contributed by atoms with Crippen molar-refractivity contribution in [2.24, 2.45) is 5.92 Å². The van der Waals surface area contributed by atoms with Gasteiger partial charge in [-0.25, -0.2) is 4.79 Å². The second kappa shape index (κ2) is 10.6. The molecule has 1 atom stereocenters. The Bertz CT molecular complexity index is 1040. The molecular formula is C23H21Cl2NO6. The Kier molecular flexibility index (Phi) is 7.88. The number of Topliss-reactive ketones (excluding diaryl/α,β-unsaturated/α-hetero) is 1. The highest BCUT2D eigenvalue weighted by molar-refractivity contribution is 6.36. The van der Waals surface area contributed by atoms with Crippen LogP contribution in [-0.4, -0.2) is 43.4 Å². The molecule has 1 heterocycles. The molecule has 0 aliphatic carbocycles. The van der Waals surface area contributed by atoms with Gasteiger partial charge in [0, 0.05) is 29.2 Å². The molecule has 1 fully saturated rings. The van der Waals surface area contributed by atoms with Crippen LogP contribution in [0, 0.1) is 5.92 Å². The van der Waals surface area contributed by atoms with Crippen LogP contribution in [0.25, 0.3) is 0 Å². The Hall–Kier alpha value is -2.90. The highest BCUT2D eigenvalue weighted by Gasteiger charge is 2.36. The molecular weight excluding hydrogens is 457 g/mol. The van der Waals surface area contributed by atoms with Gasteiger partial charge in [-0.2, -0.15) is 0 Å². The predicted octanol–water partition coefficient (Wildman–Crippen LogP) is 4.34. The summed E-state index contributed by atoms with van der Waals surface area (Å²) in [5.74, 6) is -2.49. The van der Waals surface area contributed by atoms with Gasteiger partial charge in [-0.15, -0.1) is 0 Å². The van der Waals surface area contributed by atoms with Crippen LogP contribution in [0.15, 0.2) is 42.5 Å². The van der Waals surface area contributed by atoms with E-state index in [2.05, 4.69) is 0 Å². The number of carbonyl (C=O) groups excluding carboxylic acids is 4. The van der Waals surface area contributed by atoms with E-state index in [4.69, 9.17) is 32.7 Å². The number of ketones is 1. The molecule has 0 radical (unpaired) electrons. The molecule has 1 saturated heterocycles. The molecule has 0 spiro atoms. The summed E-state index contributed by atoms with van der Waals surface area (Å²) in [4.78, 5) is 50.5. The fourth-order valence-electron chi connectivity index (χ4n) is 3.22. The number of halogens is 2. The molecule has 32 heavy (non-hydrogen) atoms. The molecule has 1 amide bonds. The summed E-state index contributed by atoms with van der Waals surface area (Å²) in [6, 6.07) is 10.8. The van der Waals surface area contributed by atoms with Crippen molar-refractivity contribution in [3.8, 4) is 0 Å². The van der Waals surface area contributed by atoms with Crippen molar-refractivity contribution in [1.29, 1.82) is 0 Å². The standard InChI is InChI=1S/C23H21Cl2NO6/c1-2-9-31-22(29)14-3-6-17(7-4-14)26-12-15(10-21(26)28)23(30)32-13-20(27)18-8-5-16(24)11-19(18)25/h3-8,11,15H,2,9-10,12-13H2,1H3/t15-/m0/s1. The number of esters is 2. The molecule has 1 aliphatic rings. The first-order valence-corrected chi connectivity index (χ1v) is 10.8. The monoisotopic (exact) mass is 477 g/mol. The van der Waals surface area contributed by atoms with Gasteiger partial charge >= 0.3 is 11.9 Å². The second-order valence-corrected chi connectivity index (χ2v) is 8.09. The molecule has 0 saturated carbocycles. The third-order valence-electron chi connectivity index (χ3n) is 4.89. The summed E-state index contributed by atoms with van der Waals surface area (Å²) in [5, 5.41) is 0.557. The predicted molar refractivity (Wildman–Crippen MR) is 119 cm³/mol. The number of hydrogen-bond donors (Lipinski definition) is 0. The van der Waals surface area contributed by atoms with Crippen LogP contribution in [0.2, 0.25) is 10.0 Å². The van der Waals surface area contributed by atoms with Gasteiger partial charge in [-0.1, -0.05) is 30.1 Å². The maximum absolute atomic E-state index is 12.4. The van der Waals surface area contributed by atoms with Crippen molar-refractivity contribution in [2.75, 3.05) is 24.7 Å². The molecule has 0 bridgehead atoms. The summed E-state index contributed by atoms with van der Waals surface area (Å²) >= 11 is 11.8. The zero-order valence-corrected chi connectivity index (χ0v) is 18.8. The number of benzene rings is 2. The number of carbonyl (C=O) groups is 4. The third-order valence-corrected chi connectivity index (χ3v) is 5.44. The lowest BCUT2D eigenvalue weighted by atomic mass is 10.1. The van der Waals surface area contributed by atoms with E-state index in [9.17, 15) is 19.2 Å². The minimum Gasteiger partial charge on any atom is -0.462 e. The summed E-state index contributed by atoms with van der Waals surface area (Å²) in [5.41, 5.74) is 1.14. The Morgan fingerprint density at radius 2 is 1.78 bits per heavy atom. The van der Waals surface area contributed by atoms with E-state index in [0.29, 0.717) is 22.9 Å². The van der Waals surface area contributed by atoms with Crippen LogP contribution in [0.3, 0.4) is 0 Å². The van der Waals surface area contributed by atoms with Crippen LogP contribution in [0.5, 0.6) is 0 Å². The van der Waals surface area contributed by atoms with Crippen LogP contribution in [0.1, 0.15) is 40.5 Å². The van der Waals surface area contributed by atoms with Gasteiger partial charge in [0.2, 0.25) is 11.7 Å². The van der Waals surface area contributed by atoms with E-state index in [0.717, 1.165) is 6.42 Å². The lowest BCUT2D eigenvalue weighted by molar-refractivity contribution is -0.147. The maximum atomic E-state index is 12.4. The SMILES string of the molecule is CCCOC(=O)c1ccc(N2C[C@@H](C(=O)OCC(=O)c3ccc(Cl)cc3Cl)CC2=O)cc1. The smallest absolute Gasteiger partial charge is 0.338 e. The molecule has 2 aromatic rings. The largest absolute Gasteiger partial charge is 0.462 e. The minimum atomic E-state index is -0.704. The number of anilines is 1. The summed E-state index contributed by atoms with van der Waals surface area (Å²) in [7, 11) is 0. The van der Waals surface area contributed by atoms with Crippen molar-refractivity contribution in [1.82, 2.24) is 0 Å². The van der Waals surface area contributed by atoms with E-state index in [-0.39, 0.29) is 29.5 Å². The van der Waals surface area contributed by atoms with Crippen molar-refractivity contribution >= 4 is 52.5 Å². The van der Waals surface area contributed by atoms with E-state index in [1.165, 1.54) is 23.1 Å². The number of ether oxygens (including phenoxy) is 2. The molecule has 2 aromatic carbocycles. The van der Waals surface area contributed by atoms with E-state index >= 15 is 0 Å². The summed E-state index contributed by atoms with van der Waals surface area (Å²) in [6.07, 6.45) is 0.691. The van der Waals surface area contributed by atoms with Gasteiger partial charge in [0.1, 0.15) is 0 Å². The van der Waals surface area contributed by atoms with E-state index < -0.39 is 30.2 Å². The fraction of sp³-hybridized carbons (Fsp3) is 0.304. The van der Waals surface area contributed by atoms with Crippen molar-refractivity contribution in [2.45, 2.75) is 19.8 Å². The number of nitrogens with zero attached hydrogens (tertiary/aromatic N) is 1. The van der Waals surface area contributed by atoms with Gasteiger partial charge in [0.25, 0.3) is 0 Å². The molecule has 0 N–H and O–H groups in total. The Labute approximate surface area is 195 Å².